The van der Waals surface area contributed by atoms with Gasteiger partial charge in [-0.1, -0.05) is 19.8 Å². The Morgan fingerprint density at radius 3 is 2.79 bits per heavy atom. The van der Waals surface area contributed by atoms with Crippen LogP contribution in [0.3, 0.4) is 0 Å². The smallest absolute Gasteiger partial charge is 0.109 e. The predicted octanol–water partition coefficient (Wildman–Crippen LogP) is 3.93. The highest BCUT2D eigenvalue weighted by Crippen LogP contribution is 2.36. The second kappa shape index (κ2) is 4.87. The zero-order valence-corrected chi connectivity index (χ0v) is 11.9. The fourth-order valence-electron chi connectivity index (χ4n) is 3.52. The van der Waals surface area contributed by atoms with E-state index in [0.29, 0.717) is 6.04 Å². The van der Waals surface area contributed by atoms with E-state index < -0.39 is 0 Å². The predicted molar refractivity (Wildman–Crippen MR) is 80.2 cm³/mol. The van der Waals surface area contributed by atoms with Crippen molar-refractivity contribution in [2.24, 2.45) is 5.92 Å². The van der Waals surface area contributed by atoms with Gasteiger partial charge in [0.2, 0.25) is 0 Å². The number of aryl methyl sites for hydroxylation is 1. The van der Waals surface area contributed by atoms with E-state index in [1.165, 1.54) is 37.0 Å². The van der Waals surface area contributed by atoms with Crippen molar-refractivity contribution in [3.05, 3.63) is 24.0 Å². The lowest BCUT2D eigenvalue weighted by Gasteiger charge is -2.23. The third-order valence-electron chi connectivity index (χ3n) is 4.59. The molecule has 0 spiro atoms. The molecule has 3 heteroatoms. The highest BCUT2D eigenvalue weighted by Gasteiger charge is 2.25. The van der Waals surface area contributed by atoms with Crippen LogP contribution < -0.4 is 5.73 Å². The van der Waals surface area contributed by atoms with Gasteiger partial charge in [0, 0.05) is 18.2 Å². The summed E-state index contributed by atoms with van der Waals surface area (Å²) in [6, 6.07) is 6.65. The number of nitrogens with two attached hydrogens (primary N) is 1. The van der Waals surface area contributed by atoms with Gasteiger partial charge in [0.1, 0.15) is 5.82 Å². The molecule has 3 rings (SSSR count). The summed E-state index contributed by atoms with van der Waals surface area (Å²) in [7, 11) is 0. The molecule has 102 valence electrons. The van der Waals surface area contributed by atoms with Gasteiger partial charge >= 0.3 is 0 Å². The van der Waals surface area contributed by atoms with Gasteiger partial charge in [0.25, 0.3) is 0 Å². The Bertz CT molecular complexity index is 579. The third-order valence-corrected chi connectivity index (χ3v) is 4.59. The van der Waals surface area contributed by atoms with Gasteiger partial charge in [-0.15, -0.1) is 0 Å². The Kier molecular flexibility index (Phi) is 3.21. The molecule has 19 heavy (non-hydrogen) atoms. The summed E-state index contributed by atoms with van der Waals surface area (Å²) < 4.78 is 2.45. The number of imidazole rings is 1. The molecule has 1 aliphatic carbocycles. The molecule has 0 bridgehead atoms. The first-order valence-electron chi connectivity index (χ1n) is 7.47. The fraction of sp³-hybridized carbons (Fsp3) is 0.562. The summed E-state index contributed by atoms with van der Waals surface area (Å²) >= 11 is 0. The molecule has 2 N–H and O–H groups in total. The van der Waals surface area contributed by atoms with Crippen molar-refractivity contribution >= 4 is 16.7 Å². The molecule has 0 radical (unpaired) electrons. The van der Waals surface area contributed by atoms with Gasteiger partial charge < -0.3 is 10.3 Å². The standard InChI is InChI=1S/C16H23N3/c1-3-16-18-14-10-13(17)8-9-15(14)19(16)11(2)12-6-4-5-7-12/h8-12H,3-7,17H2,1-2H3. The normalized spacial score (nSPS) is 18.2. The Morgan fingerprint density at radius 1 is 1.37 bits per heavy atom. The zero-order chi connectivity index (χ0) is 13.4. The minimum absolute atomic E-state index is 0.547. The van der Waals surface area contributed by atoms with E-state index in [1.54, 1.807) is 0 Å². The topological polar surface area (TPSA) is 43.8 Å². The van der Waals surface area contributed by atoms with Gasteiger partial charge in [-0.25, -0.2) is 4.98 Å². The Labute approximate surface area is 114 Å². The number of nitrogens with zero attached hydrogens (tertiary/aromatic N) is 2. The van der Waals surface area contributed by atoms with E-state index in [2.05, 4.69) is 24.5 Å². The quantitative estimate of drug-likeness (QED) is 0.847. The van der Waals surface area contributed by atoms with Crippen LogP contribution in [0.4, 0.5) is 5.69 Å². The van der Waals surface area contributed by atoms with E-state index in [-0.39, 0.29) is 0 Å². The summed E-state index contributed by atoms with van der Waals surface area (Å²) in [6.07, 6.45) is 6.47. The van der Waals surface area contributed by atoms with Crippen molar-refractivity contribution in [3.63, 3.8) is 0 Å². The first-order chi connectivity index (χ1) is 9.20. The van der Waals surface area contributed by atoms with Crippen molar-refractivity contribution in [2.45, 2.75) is 52.0 Å². The average molecular weight is 257 g/mol. The lowest BCUT2D eigenvalue weighted by atomic mass is 9.99. The maximum absolute atomic E-state index is 5.87. The van der Waals surface area contributed by atoms with Crippen LogP contribution >= 0.6 is 0 Å². The second-order valence-electron chi connectivity index (χ2n) is 5.78. The summed E-state index contributed by atoms with van der Waals surface area (Å²) in [5.41, 5.74) is 8.96. The maximum atomic E-state index is 5.87. The number of nitrogen functional groups attached to an aromatic ring is 1. The lowest BCUT2D eigenvalue weighted by Crippen LogP contribution is -2.16. The van der Waals surface area contributed by atoms with Crippen LogP contribution in [0.1, 0.15) is 51.4 Å². The Balaban J connectivity index is 2.09. The monoisotopic (exact) mass is 257 g/mol. The number of aromatic nitrogens is 2. The number of hydrogen-bond donors (Lipinski definition) is 1. The minimum Gasteiger partial charge on any atom is -0.399 e. The number of anilines is 1. The van der Waals surface area contributed by atoms with Crippen LogP contribution in [0, 0.1) is 5.92 Å². The maximum Gasteiger partial charge on any atom is 0.109 e. The van der Waals surface area contributed by atoms with Crippen molar-refractivity contribution in [1.29, 1.82) is 0 Å². The van der Waals surface area contributed by atoms with Gasteiger partial charge in [-0.3, -0.25) is 0 Å². The highest BCUT2D eigenvalue weighted by molar-refractivity contribution is 5.79. The molecule has 1 unspecified atom stereocenters. The molecule has 1 aromatic carbocycles. The number of fused-ring (bicyclic) bond motifs is 1. The average Bonchev–Trinajstić information content (AvgIpc) is 3.04. The van der Waals surface area contributed by atoms with Crippen molar-refractivity contribution < 1.29 is 0 Å². The molecule has 1 saturated carbocycles. The Hall–Kier alpha value is -1.51. The van der Waals surface area contributed by atoms with Gasteiger partial charge in [0.05, 0.1) is 11.0 Å². The lowest BCUT2D eigenvalue weighted by molar-refractivity contribution is 0.360. The molecule has 0 saturated heterocycles. The molecule has 2 aromatic rings. The third kappa shape index (κ3) is 2.11. The molecule has 1 aromatic heterocycles. The minimum atomic E-state index is 0.547. The van der Waals surface area contributed by atoms with E-state index in [4.69, 9.17) is 10.7 Å². The van der Waals surface area contributed by atoms with E-state index in [0.717, 1.165) is 23.5 Å². The second-order valence-corrected chi connectivity index (χ2v) is 5.78. The van der Waals surface area contributed by atoms with Crippen molar-refractivity contribution in [1.82, 2.24) is 9.55 Å². The molecular weight excluding hydrogens is 234 g/mol. The van der Waals surface area contributed by atoms with E-state index >= 15 is 0 Å². The van der Waals surface area contributed by atoms with Crippen molar-refractivity contribution in [2.75, 3.05) is 5.73 Å². The Morgan fingerprint density at radius 2 is 2.11 bits per heavy atom. The van der Waals surface area contributed by atoms with Crippen LogP contribution in [-0.4, -0.2) is 9.55 Å². The van der Waals surface area contributed by atoms with Crippen LogP contribution in [0.5, 0.6) is 0 Å². The molecule has 1 atom stereocenters. The molecule has 0 amide bonds. The summed E-state index contributed by atoms with van der Waals surface area (Å²) in [5.74, 6) is 2.00. The van der Waals surface area contributed by atoms with Gasteiger partial charge in [0.15, 0.2) is 0 Å². The molecule has 1 fully saturated rings. The van der Waals surface area contributed by atoms with Crippen LogP contribution in [-0.2, 0) is 6.42 Å². The van der Waals surface area contributed by atoms with Crippen LogP contribution in [0.25, 0.3) is 11.0 Å². The van der Waals surface area contributed by atoms with Gasteiger partial charge in [-0.05, 0) is 43.9 Å². The van der Waals surface area contributed by atoms with Gasteiger partial charge in [-0.2, -0.15) is 0 Å². The molecule has 0 aliphatic heterocycles. The first kappa shape index (κ1) is 12.5. The zero-order valence-electron chi connectivity index (χ0n) is 11.9. The van der Waals surface area contributed by atoms with Crippen LogP contribution in [0.2, 0.25) is 0 Å². The SMILES string of the molecule is CCc1nc2cc(N)ccc2n1C(C)C1CCCC1. The highest BCUT2D eigenvalue weighted by atomic mass is 15.1. The summed E-state index contributed by atoms with van der Waals surface area (Å²) in [6.45, 7) is 4.54. The number of rotatable bonds is 3. The van der Waals surface area contributed by atoms with Crippen molar-refractivity contribution in [3.8, 4) is 0 Å². The summed E-state index contributed by atoms with van der Waals surface area (Å²) in [5, 5.41) is 0. The molecule has 1 aliphatic rings. The number of hydrogen-bond acceptors (Lipinski definition) is 2. The first-order valence-corrected chi connectivity index (χ1v) is 7.47. The fourth-order valence-corrected chi connectivity index (χ4v) is 3.52. The van der Waals surface area contributed by atoms with E-state index in [1.807, 2.05) is 12.1 Å². The number of benzene rings is 1. The molecule has 3 nitrogen and oxygen atoms in total. The van der Waals surface area contributed by atoms with E-state index in [9.17, 15) is 0 Å². The molecule has 1 heterocycles. The van der Waals surface area contributed by atoms with Crippen LogP contribution in [0.15, 0.2) is 18.2 Å². The molecular formula is C16H23N3. The summed E-state index contributed by atoms with van der Waals surface area (Å²) in [4.78, 5) is 4.77. The largest absolute Gasteiger partial charge is 0.399 e.